The van der Waals surface area contributed by atoms with E-state index < -0.39 is 0 Å². The standard InChI is InChI=1S/C14H24ClN3O/c1-4-16-12(13-7-5-6-8-19-13)9-11-10(2)17-18(3)14(11)15/h12-13,16H,4-9H2,1-3H3. The summed E-state index contributed by atoms with van der Waals surface area (Å²) in [7, 11) is 1.89. The molecule has 1 aliphatic heterocycles. The van der Waals surface area contributed by atoms with Crippen molar-refractivity contribution in [1.29, 1.82) is 0 Å². The highest BCUT2D eigenvalue weighted by Crippen LogP contribution is 2.24. The molecular formula is C14H24ClN3O. The highest BCUT2D eigenvalue weighted by molar-refractivity contribution is 6.30. The number of ether oxygens (including phenoxy) is 1. The van der Waals surface area contributed by atoms with Crippen LogP contribution in [0.25, 0.3) is 0 Å². The smallest absolute Gasteiger partial charge is 0.130 e. The zero-order chi connectivity index (χ0) is 13.8. The summed E-state index contributed by atoms with van der Waals surface area (Å²) in [6.45, 7) is 5.98. The molecule has 2 heterocycles. The Morgan fingerprint density at radius 3 is 2.84 bits per heavy atom. The van der Waals surface area contributed by atoms with E-state index in [2.05, 4.69) is 17.3 Å². The Balaban J connectivity index is 2.11. The van der Waals surface area contributed by atoms with Crippen LogP contribution in [0.4, 0.5) is 0 Å². The Morgan fingerprint density at radius 2 is 2.32 bits per heavy atom. The quantitative estimate of drug-likeness (QED) is 0.903. The summed E-state index contributed by atoms with van der Waals surface area (Å²) in [6, 6.07) is 0.325. The lowest BCUT2D eigenvalue weighted by Crippen LogP contribution is -2.44. The van der Waals surface area contributed by atoms with Crippen LogP contribution in [-0.2, 0) is 18.2 Å². The second kappa shape index (κ2) is 6.73. The molecule has 1 fully saturated rings. The van der Waals surface area contributed by atoms with Gasteiger partial charge in [-0.2, -0.15) is 5.10 Å². The van der Waals surface area contributed by atoms with Crippen molar-refractivity contribution >= 4 is 11.6 Å². The molecule has 108 valence electrons. The Morgan fingerprint density at radius 1 is 1.53 bits per heavy atom. The molecular weight excluding hydrogens is 262 g/mol. The highest BCUT2D eigenvalue weighted by atomic mass is 35.5. The third-order valence-electron chi connectivity index (χ3n) is 3.82. The first-order chi connectivity index (χ1) is 9.13. The van der Waals surface area contributed by atoms with Crippen molar-refractivity contribution in [3.05, 3.63) is 16.4 Å². The first kappa shape index (κ1) is 14.8. The molecule has 0 spiro atoms. The van der Waals surface area contributed by atoms with Crippen LogP contribution in [0.5, 0.6) is 0 Å². The maximum atomic E-state index is 6.33. The van der Waals surface area contributed by atoms with Gasteiger partial charge in [0.1, 0.15) is 5.15 Å². The zero-order valence-electron chi connectivity index (χ0n) is 12.1. The molecule has 2 rings (SSSR count). The van der Waals surface area contributed by atoms with E-state index in [0.29, 0.717) is 12.1 Å². The third kappa shape index (κ3) is 3.50. The average molecular weight is 286 g/mol. The van der Waals surface area contributed by atoms with E-state index in [1.54, 1.807) is 4.68 Å². The summed E-state index contributed by atoms with van der Waals surface area (Å²) in [4.78, 5) is 0. The van der Waals surface area contributed by atoms with Gasteiger partial charge in [-0.3, -0.25) is 4.68 Å². The minimum atomic E-state index is 0.296. The van der Waals surface area contributed by atoms with Gasteiger partial charge in [0, 0.05) is 25.3 Å². The number of halogens is 1. The molecule has 1 saturated heterocycles. The fourth-order valence-electron chi connectivity index (χ4n) is 2.81. The lowest BCUT2D eigenvalue weighted by atomic mass is 9.96. The Kier molecular flexibility index (Phi) is 5.25. The van der Waals surface area contributed by atoms with Gasteiger partial charge in [0.2, 0.25) is 0 Å². The van der Waals surface area contributed by atoms with Crippen LogP contribution in [0.15, 0.2) is 0 Å². The van der Waals surface area contributed by atoms with Crippen LogP contribution in [0.3, 0.4) is 0 Å². The molecule has 0 aromatic carbocycles. The van der Waals surface area contributed by atoms with Gasteiger partial charge in [-0.25, -0.2) is 0 Å². The van der Waals surface area contributed by atoms with Crippen molar-refractivity contribution in [2.75, 3.05) is 13.2 Å². The van der Waals surface area contributed by atoms with Crippen molar-refractivity contribution in [1.82, 2.24) is 15.1 Å². The predicted octanol–water partition coefficient (Wildman–Crippen LogP) is 2.47. The van der Waals surface area contributed by atoms with E-state index in [1.165, 1.54) is 12.8 Å². The maximum Gasteiger partial charge on any atom is 0.130 e. The van der Waals surface area contributed by atoms with Gasteiger partial charge in [-0.05, 0) is 39.2 Å². The molecule has 1 aliphatic rings. The van der Waals surface area contributed by atoms with Crippen molar-refractivity contribution in [2.24, 2.45) is 7.05 Å². The van der Waals surface area contributed by atoms with Gasteiger partial charge in [0.25, 0.3) is 0 Å². The van der Waals surface area contributed by atoms with E-state index in [0.717, 1.165) is 42.4 Å². The normalized spacial score (nSPS) is 21.6. The minimum Gasteiger partial charge on any atom is -0.377 e. The zero-order valence-corrected chi connectivity index (χ0v) is 12.8. The number of rotatable bonds is 5. The van der Waals surface area contributed by atoms with E-state index >= 15 is 0 Å². The number of aryl methyl sites for hydroxylation is 2. The van der Waals surface area contributed by atoms with Crippen molar-refractivity contribution in [2.45, 2.75) is 51.7 Å². The van der Waals surface area contributed by atoms with Crippen molar-refractivity contribution in [3.8, 4) is 0 Å². The Hall–Kier alpha value is -0.580. The number of aromatic nitrogens is 2. The van der Waals surface area contributed by atoms with Crippen molar-refractivity contribution < 1.29 is 4.74 Å². The number of likely N-dealkylation sites (N-methyl/N-ethyl adjacent to an activating group) is 1. The molecule has 0 aliphatic carbocycles. The van der Waals surface area contributed by atoms with Crippen LogP contribution in [-0.4, -0.2) is 35.1 Å². The SMILES string of the molecule is CCNC(Cc1c(C)nn(C)c1Cl)C1CCCCO1. The van der Waals surface area contributed by atoms with Crippen LogP contribution >= 0.6 is 11.6 Å². The topological polar surface area (TPSA) is 39.1 Å². The first-order valence-electron chi connectivity index (χ1n) is 7.16. The molecule has 0 radical (unpaired) electrons. The molecule has 0 bridgehead atoms. The summed E-state index contributed by atoms with van der Waals surface area (Å²) >= 11 is 6.33. The summed E-state index contributed by atoms with van der Waals surface area (Å²) in [5, 5.41) is 8.68. The fraction of sp³-hybridized carbons (Fsp3) is 0.786. The molecule has 4 nitrogen and oxygen atoms in total. The van der Waals surface area contributed by atoms with E-state index in [9.17, 15) is 0 Å². The summed E-state index contributed by atoms with van der Waals surface area (Å²) in [5.41, 5.74) is 2.16. The van der Waals surface area contributed by atoms with E-state index in [4.69, 9.17) is 16.3 Å². The second-order valence-corrected chi connectivity index (χ2v) is 5.61. The number of hydrogen-bond acceptors (Lipinski definition) is 3. The molecule has 1 aromatic rings. The lowest BCUT2D eigenvalue weighted by molar-refractivity contribution is -0.00711. The lowest BCUT2D eigenvalue weighted by Gasteiger charge is -2.31. The molecule has 5 heteroatoms. The third-order valence-corrected chi connectivity index (χ3v) is 4.30. The molecule has 1 N–H and O–H groups in total. The minimum absolute atomic E-state index is 0.296. The Labute approximate surface area is 120 Å². The average Bonchev–Trinajstić information content (AvgIpc) is 2.65. The van der Waals surface area contributed by atoms with E-state index in [-0.39, 0.29) is 0 Å². The fourth-order valence-corrected chi connectivity index (χ4v) is 3.06. The monoisotopic (exact) mass is 285 g/mol. The maximum absolute atomic E-state index is 6.33. The second-order valence-electron chi connectivity index (χ2n) is 5.25. The molecule has 1 aromatic heterocycles. The van der Waals surface area contributed by atoms with Crippen molar-refractivity contribution in [3.63, 3.8) is 0 Å². The van der Waals surface area contributed by atoms with Gasteiger partial charge in [0.05, 0.1) is 11.8 Å². The summed E-state index contributed by atoms with van der Waals surface area (Å²) in [6.07, 6.45) is 4.75. The largest absolute Gasteiger partial charge is 0.377 e. The van der Waals surface area contributed by atoms with Gasteiger partial charge in [0.15, 0.2) is 0 Å². The first-order valence-corrected chi connectivity index (χ1v) is 7.54. The Bertz CT molecular complexity index is 413. The number of hydrogen-bond donors (Lipinski definition) is 1. The van der Waals surface area contributed by atoms with Crippen LogP contribution in [0.2, 0.25) is 5.15 Å². The van der Waals surface area contributed by atoms with Gasteiger partial charge >= 0.3 is 0 Å². The molecule has 2 atom stereocenters. The summed E-state index contributed by atoms with van der Waals surface area (Å²) < 4.78 is 7.67. The molecule has 0 amide bonds. The van der Waals surface area contributed by atoms with Gasteiger partial charge in [-0.1, -0.05) is 18.5 Å². The van der Waals surface area contributed by atoms with E-state index in [1.807, 2.05) is 14.0 Å². The molecule has 19 heavy (non-hydrogen) atoms. The van der Waals surface area contributed by atoms with Crippen LogP contribution < -0.4 is 5.32 Å². The number of nitrogens with zero attached hydrogens (tertiary/aromatic N) is 2. The summed E-state index contributed by atoms with van der Waals surface area (Å²) in [5.74, 6) is 0. The highest BCUT2D eigenvalue weighted by Gasteiger charge is 2.26. The van der Waals surface area contributed by atoms with Gasteiger partial charge < -0.3 is 10.1 Å². The van der Waals surface area contributed by atoms with Crippen LogP contribution in [0.1, 0.15) is 37.4 Å². The predicted molar refractivity (Wildman–Crippen MR) is 77.7 cm³/mol. The molecule has 2 unspecified atom stereocenters. The molecule has 0 saturated carbocycles. The number of nitrogens with one attached hydrogen (secondary N) is 1. The van der Waals surface area contributed by atoms with Crippen LogP contribution in [0, 0.1) is 6.92 Å². The van der Waals surface area contributed by atoms with Gasteiger partial charge in [-0.15, -0.1) is 0 Å².